The van der Waals surface area contributed by atoms with Crippen molar-refractivity contribution >= 4 is 5.91 Å². The summed E-state index contributed by atoms with van der Waals surface area (Å²) in [7, 11) is 1.69. The van der Waals surface area contributed by atoms with Crippen LogP contribution in [0.25, 0.3) is 11.1 Å². The number of benzene rings is 2. The predicted octanol–water partition coefficient (Wildman–Crippen LogP) is 4.37. The molecule has 0 radical (unpaired) electrons. The highest BCUT2D eigenvalue weighted by Crippen LogP contribution is 2.38. The van der Waals surface area contributed by atoms with Gasteiger partial charge in [0.2, 0.25) is 5.91 Å². The number of hydrogen-bond donors (Lipinski definition) is 0. The molecule has 0 bridgehead atoms. The lowest BCUT2D eigenvalue weighted by molar-refractivity contribution is -0.137. The first-order chi connectivity index (χ1) is 12.2. The van der Waals surface area contributed by atoms with Crippen LogP contribution in [0, 0.1) is 11.7 Å². The number of likely N-dealkylation sites (tertiary alicyclic amines) is 1. The molecule has 2 aromatic rings. The van der Waals surface area contributed by atoms with Gasteiger partial charge in [0.1, 0.15) is 11.6 Å². The van der Waals surface area contributed by atoms with Crippen molar-refractivity contribution in [1.82, 2.24) is 4.90 Å². The Morgan fingerprint density at radius 1 is 1.19 bits per heavy atom. The molecule has 1 atom stereocenters. The average Bonchev–Trinajstić information content (AvgIpc) is 2.90. The van der Waals surface area contributed by atoms with Crippen LogP contribution in [0.15, 0.2) is 42.5 Å². The fourth-order valence-electron chi connectivity index (χ4n) is 3.07. The summed E-state index contributed by atoms with van der Waals surface area (Å²) in [6, 6.07) is 8.57. The number of amides is 1. The van der Waals surface area contributed by atoms with Crippen molar-refractivity contribution in [2.45, 2.75) is 12.6 Å². The number of alkyl halides is 3. The van der Waals surface area contributed by atoms with E-state index in [0.29, 0.717) is 13.0 Å². The molecule has 1 saturated heterocycles. The first kappa shape index (κ1) is 18.2. The first-order valence-corrected chi connectivity index (χ1v) is 8.08. The van der Waals surface area contributed by atoms with E-state index >= 15 is 0 Å². The van der Waals surface area contributed by atoms with Crippen molar-refractivity contribution in [3.8, 4) is 16.9 Å². The second-order valence-electron chi connectivity index (χ2n) is 6.37. The number of hydrogen-bond acceptors (Lipinski definition) is 2. The maximum Gasteiger partial charge on any atom is 0.417 e. The standard InChI is InChI=1S/C19H17F4NO2/c1-24-10-12(6-18(24)25)11-26-15-8-13(7-14(20)9-15)16-4-2-3-5-17(16)19(21,22)23/h2-5,7-9,12H,6,10-11H2,1H3. The van der Waals surface area contributed by atoms with Crippen LogP contribution in [0.2, 0.25) is 0 Å². The number of carbonyl (C=O) groups is 1. The normalized spacial score (nSPS) is 17.7. The van der Waals surface area contributed by atoms with Crippen molar-refractivity contribution in [2.24, 2.45) is 5.92 Å². The molecule has 0 N–H and O–H groups in total. The van der Waals surface area contributed by atoms with E-state index in [0.717, 1.165) is 18.2 Å². The Hall–Kier alpha value is -2.57. The van der Waals surface area contributed by atoms with Crippen LogP contribution < -0.4 is 4.74 Å². The summed E-state index contributed by atoms with van der Waals surface area (Å²) in [6.45, 7) is 0.734. The van der Waals surface area contributed by atoms with E-state index < -0.39 is 17.6 Å². The zero-order chi connectivity index (χ0) is 18.9. The maximum atomic E-state index is 13.9. The van der Waals surface area contributed by atoms with Crippen molar-refractivity contribution in [2.75, 3.05) is 20.2 Å². The first-order valence-electron chi connectivity index (χ1n) is 8.08. The van der Waals surface area contributed by atoms with E-state index in [1.54, 1.807) is 11.9 Å². The lowest BCUT2D eigenvalue weighted by Gasteiger charge is -2.15. The van der Waals surface area contributed by atoms with Gasteiger partial charge in [0, 0.05) is 32.0 Å². The van der Waals surface area contributed by atoms with Crippen LogP contribution in [0.1, 0.15) is 12.0 Å². The number of ether oxygens (including phenoxy) is 1. The highest BCUT2D eigenvalue weighted by molar-refractivity contribution is 5.78. The summed E-state index contributed by atoms with van der Waals surface area (Å²) in [6.07, 6.45) is -4.20. The summed E-state index contributed by atoms with van der Waals surface area (Å²) in [5.41, 5.74) is -0.854. The van der Waals surface area contributed by atoms with Crippen LogP contribution in [0.5, 0.6) is 5.75 Å². The van der Waals surface area contributed by atoms with Gasteiger partial charge in [-0.05, 0) is 29.3 Å². The summed E-state index contributed by atoms with van der Waals surface area (Å²) in [5.74, 6) is -0.563. The van der Waals surface area contributed by atoms with E-state index in [1.807, 2.05) is 0 Å². The van der Waals surface area contributed by atoms with Gasteiger partial charge < -0.3 is 9.64 Å². The van der Waals surface area contributed by atoms with Crippen LogP contribution >= 0.6 is 0 Å². The van der Waals surface area contributed by atoms with Crippen LogP contribution in [-0.2, 0) is 11.0 Å². The van der Waals surface area contributed by atoms with Crippen LogP contribution in [0.3, 0.4) is 0 Å². The SMILES string of the molecule is CN1CC(COc2cc(F)cc(-c3ccccc3C(F)(F)F)c2)CC1=O. The van der Waals surface area contributed by atoms with Gasteiger partial charge in [-0.2, -0.15) is 13.2 Å². The third-order valence-corrected chi connectivity index (χ3v) is 4.32. The van der Waals surface area contributed by atoms with Crippen molar-refractivity contribution in [3.05, 3.63) is 53.8 Å². The minimum absolute atomic E-state index is 0.0117. The van der Waals surface area contributed by atoms with Crippen molar-refractivity contribution in [1.29, 1.82) is 0 Å². The van der Waals surface area contributed by atoms with Gasteiger partial charge in [-0.3, -0.25) is 4.79 Å². The number of nitrogens with zero attached hydrogens (tertiary/aromatic N) is 1. The molecular weight excluding hydrogens is 350 g/mol. The highest BCUT2D eigenvalue weighted by atomic mass is 19.4. The predicted molar refractivity (Wildman–Crippen MR) is 88.1 cm³/mol. The maximum absolute atomic E-state index is 13.9. The molecule has 0 saturated carbocycles. The molecule has 138 valence electrons. The van der Waals surface area contributed by atoms with Gasteiger partial charge >= 0.3 is 6.18 Å². The molecule has 7 heteroatoms. The van der Waals surface area contributed by atoms with E-state index in [1.165, 1.54) is 24.3 Å². The molecule has 1 amide bonds. The van der Waals surface area contributed by atoms with Crippen LogP contribution in [-0.4, -0.2) is 31.0 Å². The fraction of sp³-hybridized carbons (Fsp3) is 0.316. The van der Waals surface area contributed by atoms with E-state index in [2.05, 4.69) is 0 Å². The molecule has 0 spiro atoms. The van der Waals surface area contributed by atoms with E-state index in [9.17, 15) is 22.4 Å². The van der Waals surface area contributed by atoms with Gasteiger partial charge in [0.25, 0.3) is 0 Å². The van der Waals surface area contributed by atoms with Crippen LogP contribution in [0.4, 0.5) is 17.6 Å². The summed E-state index contributed by atoms with van der Waals surface area (Å²) in [5, 5.41) is 0. The lowest BCUT2D eigenvalue weighted by atomic mass is 9.99. The fourth-order valence-corrected chi connectivity index (χ4v) is 3.07. The summed E-state index contributed by atoms with van der Waals surface area (Å²) in [4.78, 5) is 13.1. The zero-order valence-corrected chi connectivity index (χ0v) is 14.0. The molecule has 1 fully saturated rings. The molecule has 3 nitrogen and oxygen atoms in total. The van der Waals surface area contributed by atoms with E-state index in [4.69, 9.17) is 4.74 Å². The Morgan fingerprint density at radius 2 is 1.92 bits per heavy atom. The minimum atomic E-state index is -4.54. The van der Waals surface area contributed by atoms with E-state index in [-0.39, 0.29) is 35.3 Å². The quantitative estimate of drug-likeness (QED) is 0.751. The Kier molecular flexibility index (Phi) is 4.89. The minimum Gasteiger partial charge on any atom is -0.493 e. The van der Waals surface area contributed by atoms with Gasteiger partial charge in [-0.25, -0.2) is 4.39 Å². The topological polar surface area (TPSA) is 29.5 Å². The molecule has 0 aliphatic carbocycles. The summed E-state index contributed by atoms with van der Waals surface area (Å²) < 4.78 is 59.1. The Balaban J connectivity index is 1.84. The molecule has 1 unspecified atom stereocenters. The van der Waals surface area contributed by atoms with Gasteiger partial charge in [0.05, 0.1) is 12.2 Å². The third kappa shape index (κ3) is 3.98. The number of carbonyl (C=O) groups excluding carboxylic acids is 1. The lowest BCUT2D eigenvalue weighted by Crippen LogP contribution is -2.20. The number of rotatable bonds is 4. The monoisotopic (exact) mass is 367 g/mol. The Morgan fingerprint density at radius 3 is 2.58 bits per heavy atom. The van der Waals surface area contributed by atoms with Crippen molar-refractivity contribution < 1.29 is 27.1 Å². The van der Waals surface area contributed by atoms with Gasteiger partial charge in [-0.15, -0.1) is 0 Å². The Bertz CT molecular complexity index is 819. The largest absolute Gasteiger partial charge is 0.493 e. The van der Waals surface area contributed by atoms with Gasteiger partial charge in [0.15, 0.2) is 0 Å². The third-order valence-electron chi connectivity index (χ3n) is 4.32. The molecular formula is C19H17F4NO2. The van der Waals surface area contributed by atoms with Crippen molar-refractivity contribution in [3.63, 3.8) is 0 Å². The molecule has 1 aliphatic heterocycles. The molecule has 3 rings (SSSR count). The summed E-state index contributed by atoms with van der Waals surface area (Å²) >= 11 is 0. The zero-order valence-electron chi connectivity index (χ0n) is 14.0. The highest BCUT2D eigenvalue weighted by Gasteiger charge is 2.33. The molecule has 26 heavy (non-hydrogen) atoms. The molecule has 0 aromatic heterocycles. The second kappa shape index (κ2) is 6.97. The molecule has 1 aliphatic rings. The average molecular weight is 367 g/mol. The number of halogens is 4. The molecule has 1 heterocycles. The van der Waals surface area contributed by atoms with Gasteiger partial charge in [-0.1, -0.05) is 18.2 Å². The molecule has 2 aromatic carbocycles. The second-order valence-corrected chi connectivity index (χ2v) is 6.37. The smallest absolute Gasteiger partial charge is 0.417 e. The Labute approximate surface area is 148 Å².